The fourth-order valence-electron chi connectivity index (χ4n) is 1.95. The summed E-state index contributed by atoms with van der Waals surface area (Å²) in [5, 5.41) is 3.64. The number of nitrogens with one attached hydrogen (secondary N) is 1. The molecule has 0 radical (unpaired) electrons. The molecule has 0 fully saturated rings. The van der Waals surface area contributed by atoms with Crippen LogP contribution in [0.3, 0.4) is 0 Å². The highest BCUT2D eigenvalue weighted by atomic mass is 35.5. The van der Waals surface area contributed by atoms with Crippen molar-refractivity contribution in [3.05, 3.63) is 58.5 Å². The molecule has 0 spiro atoms. The molecule has 0 bridgehead atoms. The van der Waals surface area contributed by atoms with Crippen molar-refractivity contribution < 1.29 is 4.39 Å². The number of rotatable bonds is 5. The monoisotopic (exact) mass is 293 g/mol. The van der Waals surface area contributed by atoms with Crippen molar-refractivity contribution in [1.82, 2.24) is 9.88 Å². The molecule has 20 heavy (non-hydrogen) atoms. The van der Waals surface area contributed by atoms with Gasteiger partial charge in [-0.1, -0.05) is 23.7 Å². The van der Waals surface area contributed by atoms with Crippen LogP contribution in [0.2, 0.25) is 5.02 Å². The fraction of sp³-hybridized carbons (Fsp3) is 0.267. The second kappa shape index (κ2) is 6.68. The minimum atomic E-state index is -0.220. The fourth-order valence-corrected chi connectivity index (χ4v) is 2.11. The molecule has 2 aromatic rings. The summed E-state index contributed by atoms with van der Waals surface area (Å²) >= 11 is 6.15. The van der Waals surface area contributed by atoms with E-state index in [2.05, 4.69) is 15.2 Å². The topological polar surface area (TPSA) is 28.2 Å². The van der Waals surface area contributed by atoms with Gasteiger partial charge in [0.1, 0.15) is 11.6 Å². The zero-order valence-electron chi connectivity index (χ0n) is 11.5. The van der Waals surface area contributed by atoms with Crippen LogP contribution in [-0.4, -0.2) is 24.0 Å². The van der Waals surface area contributed by atoms with Crippen molar-refractivity contribution in [3.8, 4) is 0 Å². The second-order valence-corrected chi connectivity index (χ2v) is 5.08. The van der Waals surface area contributed by atoms with E-state index >= 15 is 0 Å². The van der Waals surface area contributed by atoms with Crippen LogP contribution < -0.4 is 5.32 Å². The molecule has 0 saturated carbocycles. The van der Waals surface area contributed by atoms with Crippen molar-refractivity contribution in [2.45, 2.75) is 13.1 Å². The number of halogens is 2. The maximum Gasteiger partial charge on any atom is 0.126 e. The lowest BCUT2D eigenvalue weighted by atomic mass is 10.2. The molecule has 0 aliphatic heterocycles. The minimum Gasteiger partial charge on any atom is -0.373 e. The molecule has 0 aliphatic rings. The number of hydrogen-bond acceptors (Lipinski definition) is 3. The maximum atomic E-state index is 12.9. The van der Waals surface area contributed by atoms with Crippen molar-refractivity contribution in [2.75, 3.05) is 19.4 Å². The summed E-state index contributed by atoms with van der Waals surface area (Å²) in [5.74, 6) is 0.572. The van der Waals surface area contributed by atoms with Gasteiger partial charge >= 0.3 is 0 Å². The third kappa shape index (κ3) is 3.92. The Hall–Kier alpha value is -1.65. The molecule has 1 aromatic carbocycles. The van der Waals surface area contributed by atoms with Crippen LogP contribution in [0, 0.1) is 5.82 Å². The predicted molar refractivity (Wildman–Crippen MR) is 80.4 cm³/mol. The summed E-state index contributed by atoms with van der Waals surface area (Å²) in [5.41, 5.74) is 1.87. The summed E-state index contributed by atoms with van der Waals surface area (Å²) in [4.78, 5) is 6.53. The quantitative estimate of drug-likeness (QED) is 0.914. The summed E-state index contributed by atoms with van der Waals surface area (Å²) in [6, 6.07) is 10.2. The van der Waals surface area contributed by atoms with Gasteiger partial charge in [0.25, 0.3) is 0 Å². The maximum absolute atomic E-state index is 12.9. The Morgan fingerprint density at radius 3 is 2.50 bits per heavy atom. The lowest BCUT2D eigenvalue weighted by Gasteiger charge is -2.17. The predicted octanol–water partition coefficient (Wildman–Crippen LogP) is 3.55. The van der Waals surface area contributed by atoms with Gasteiger partial charge in [0.05, 0.1) is 10.7 Å². The molecular formula is C15H17ClFN3. The molecule has 0 aliphatic carbocycles. The minimum absolute atomic E-state index is 0.220. The summed E-state index contributed by atoms with van der Waals surface area (Å²) < 4.78 is 12.9. The van der Waals surface area contributed by atoms with E-state index in [1.54, 1.807) is 12.1 Å². The molecule has 106 valence electrons. The first-order valence-corrected chi connectivity index (χ1v) is 6.72. The van der Waals surface area contributed by atoms with E-state index in [-0.39, 0.29) is 5.82 Å². The Kier molecular flexibility index (Phi) is 4.93. The van der Waals surface area contributed by atoms with E-state index in [1.807, 2.05) is 26.2 Å². The van der Waals surface area contributed by atoms with Gasteiger partial charge in [-0.15, -0.1) is 0 Å². The van der Waals surface area contributed by atoms with E-state index in [4.69, 9.17) is 11.6 Å². The van der Waals surface area contributed by atoms with Gasteiger partial charge in [0.2, 0.25) is 0 Å². The van der Waals surface area contributed by atoms with Crippen LogP contribution in [0.1, 0.15) is 11.3 Å². The SMILES string of the molecule is CNc1ccc(Cl)c(CN(C)Cc2ccc(F)cc2)n1. The molecular weight excluding hydrogens is 277 g/mol. The Labute approximate surface area is 123 Å². The molecule has 3 nitrogen and oxygen atoms in total. The van der Waals surface area contributed by atoms with Gasteiger partial charge in [-0.05, 0) is 36.9 Å². The number of nitrogens with zero attached hydrogens (tertiary/aromatic N) is 2. The molecule has 0 unspecified atom stereocenters. The highest BCUT2D eigenvalue weighted by molar-refractivity contribution is 6.31. The molecule has 0 atom stereocenters. The number of pyridine rings is 1. The highest BCUT2D eigenvalue weighted by Crippen LogP contribution is 2.18. The second-order valence-electron chi connectivity index (χ2n) is 4.67. The standard InChI is InChI=1S/C15H17ClFN3/c1-18-15-8-7-13(16)14(19-15)10-20(2)9-11-3-5-12(17)6-4-11/h3-8H,9-10H2,1-2H3,(H,18,19). The largest absolute Gasteiger partial charge is 0.373 e. The van der Waals surface area contributed by atoms with E-state index in [9.17, 15) is 4.39 Å². The van der Waals surface area contributed by atoms with Gasteiger partial charge in [-0.2, -0.15) is 0 Å². The molecule has 0 amide bonds. The van der Waals surface area contributed by atoms with Crippen molar-refractivity contribution in [3.63, 3.8) is 0 Å². The van der Waals surface area contributed by atoms with Crippen molar-refractivity contribution in [1.29, 1.82) is 0 Å². The lowest BCUT2D eigenvalue weighted by Crippen LogP contribution is -2.18. The summed E-state index contributed by atoms with van der Waals surface area (Å²) in [6.45, 7) is 1.34. The zero-order valence-corrected chi connectivity index (χ0v) is 12.3. The molecule has 0 saturated heterocycles. The average Bonchev–Trinajstić information content (AvgIpc) is 2.44. The van der Waals surface area contributed by atoms with E-state index < -0.39 is 0 Å². The van der Waals surface area contributed by atoms with Crippen LogP contribution in [-0.2, 0) is 13.1 Å². The van der Waals surface area contributed by atoms with E-state index in [0.717, 1.165) is 17.1 Å². The third-order valence-corrected chi connectivity index (χ3v) is 3.30. The van der Waals surface area contributed by atoms with Crippen LogP contribution in [0.5, 0.6) is 0 Å². The number of hydrogen-bond donors (Lipinski definition) is 1. The Balaban J connectivity index is 2.04. The summed E-state index contributed by atoms with van der Waals surface area (Å²) in [6.07, 6.45) is 0. The van der Waals surface area contributed by atoms with Gasteiger partial charge < -0.3 is 5.32 Å². The van der Waals surface area contributed by atoms with Crippen molar-refractivity contribution >= 4 is 17.4 Å². The first kappa shape index (κ1) is 14.8. The van der Waals surface area contributed by atoms with Gasteiger partial charge in [0.15, 0.2) is 0 Å². The van der Waals surface area contributed by atoms with Crippen molar-refractivity contribution in [2.24, 2.45) is 0 Å². The number of benzene rings is 1. The van der Waals surface area contributed by atoms with Crippen LogP contribution in [0.25, 0.3) is 0 Å². The van der Waals surface area contributed by atoms with E-state index in [1.165, 1.54) is 12.1 Å². The van der Waals surface area contributed by atoms with Crippen LogP contribution in [0.4, 0.5) is 10.2 Å². The lowest BCUT2D eigenvalue weighted by molar-refractivity contribution is 0.315. The van der Waals surface area contributed by atoms with E-state index in [0.29, 0.717) is 18.1 Å². The van der Waals surface area contributed by atoms with Gasteiger partial charge in [-0.25, -0.2) is 9.37 Å². The average molecular weight is 294 g/mol. The normalized spacial score (nSPS) is 10.8. The number of aromatic nitrogens is 1. The molecule has 5 heteroatoms. The Morgan fingerprint density at radius 2 is 1.85 bits per heavy atom. The first-order valence-electron chi connectivity index (χ1n) is 6.34. The highest BCUT2D eigenvalue weighted by Gasteiger charge is 2.08. The molecule has 1 aromatic heterocycles. The Morgan fingerprint density at radius 1 is 1.15 bits per heavy atom. The Bertz CT molecular complexity index is 572. The van der Waals surface area contributed by atoms with Crippen LogP contribution in [0.15, 0.2) is 36.4 Å². The van der Waals surface area contributed by atoms with Gasteiger partial charge in [-0.3, -0.25) is 4.90 Å². The molecule has 2 rings (SSSR count). The third-order valence-electron chi connectivity index (χ3n) is 2.96. The smallest absolute Gasteiger partial charge is 0.126 e. The van der Waals surface area contributed by atoms with Crippen LogP contribution >= 0.6 is 11.6 Å². The number of anilines is 1. The molecule has 1 heterocycles. The zero-order chi connectivity index (χ0) is 14.5. The summed E-state index contributed by atoms with van der Waals surface area (Å²) in [7, 11) is 3.80. The van der Waals surface area contributed by atoms with Gasteiger partial charge in [0, 0.05) is 20.1 Å². The molecule has 1 N–H and O–H groups in total. The first-order chi connectivity index (χ1) is 9.58.